The Balaban J connectivity index is 1.54. The molecule has 0 aromatic heterocycles. The smallest absolute Gasteiger partial charge is 0.308 e. The number of nitrogens with zero attached hydrogens (tertiary/aromatic N) is 1. The third-order valence-corrected chi connectivity index (χ3v) is 8.67. The van der Waals surface area contributed by atoms with E-state index >= 15 is 0 Å². The predicted octanol–water partition coefficient (Wildman–Crippen LogP) is 5.11. The van der Waals surface area contributed by atoms with E-state index in [-0.39, 0.29) is 29.8 Å². The van der Waals surface area contributed by atoms with Crippen LogP contribution in [0.1, 0.15) is 29.0 Å². The Morgan fingerprint density at radius 1 is 1.08 bits per heavy atom. The number of methoxy groups -OCH3 is 1. The molecule has 6 rings (SSSR count). The largest absolute Gasteiger partial charge is 0.496 e. The zero-order valence-corrected chi connectivity index (χ0v) is 21.7. The molecule has 0 radical (unpaired) electrons. The molecule has 3 saturated heterocycles. The summed E-state index contributed by atoms with van der Waals surface area (Å²) < 4.78 is 5.67. The number of carboxylic acids is 1. The van der Waals surface area contributed by atoms with Crippen molar-refractivity contribution in [3.8, 4) is 5.75 Å². The van der Waals surface area contributed by atoms with Crippen LogP contribution >= 0.6 is 11.8 Å². The maximum atomic E-state index is 12.3. The van der Waals surface area contributed by atoms with Gasteiger partial charge in [-0.05, 0) is 54.5 Å². The first kappa shape index (κ1) is 24.9. The number of aliphatic carboxylic acids is 1. The summed E-state index contributed by atoms with van der Waals surface area (Å²) in [6.45, 7) is 2.16. The summed E-state index contributed by atoms with van der Waals surface area (Å²) in [7, 11) is 1.70. The van der Waals surface area contributed by atoms with Crippen LogP contribution < -0.4 is 10.1 Å². The van der Waals surface area contributed by atoms with Gasteiger partial charge in [0.2, 0.25) is 0 Å². The van der Waals surface area contributed by atoms with Gasteiger partial charge in [-0.15, -0.1) is 11.8 Å². The van der Waals surface area contributed by atoms with Gasteiger partial charge < -0.3 is 15.2 Å². The molecule has 188 valence electrons. The van der Waals surface area contributed by atoms with Crippen molar-refractivity contribution in [1.29, 1.82) is 0 Å². The molecule has 1 unspecified atom stereocenters. The van der Waals surface area contributed by atoms with E-state index in [0.717, 1.165) is 24.3 Å². The Hall–Kier alpha value is -2.80. The average Bonchev–Trinajstić information content (AvgIpc) is 2.93. The Morgan fingerprint density at radius 2 is 1.75 bits per heavy atom. The van der Waals surface area contributed by atoms with Crippen LogP contribution in [-0.4, -0.2) is 54.5 Å². The molecular weight excluding hydrogens is 468 g/mol. The molecule has 0 spiro atoms. The molecule has 3 aromatic rings. The number of nitrogens with one attached hydrogen (secondary N) is 1. The predicted molar refractivity (Wildman–Crippen MR) is 145 cm³/mol. The van der Waals surface area contributed by atoms with Crippen molar-refractivity contribution in [3.05, 3.63) is 95.6 Å². The van der Waals surface area contributed by atoms with Gasteiger partial charge in [0.05, 0.1) is 13.0 Å². The Morgan fingerprint density at radius 3 is 2.33 bits per heavy atom. The van der Waals surface area contributed by atoms with E-state index in [1.54, 1.807) is 18.9 Å². The molecule has 5 atom stereocenters. The maximum absolute atomic E-state index is 12.3. The van der Waals surface area contributed by atoms with Crippen LogP contribution in [0.4, 0.5) is 0 Å². The summed E-state index contributed by atoms with van der Waals surface area (Å²) in [5.41, 5.74) is 3.63. The van der Waals surface area contributed by atoms with E-state index in [4.69, 9.17) is 4.74 Å². The van der Waals surface area contributed by atoms with Gasteiger partial charge in [-0.2, -0.15) is 0 Å². The van der Waals surface area contributed by atoms with Crippen molar-refractivity contribution < 1.29 is 14.6 Å². The molecule has 3 aliphatic heterocycles. The Bertz CT molecular complexity index is 1130. The second-order valence-corrected chi connectivity index (χ2v) is 10.6. The summed E-state index contributed by atoms with van der Waals surface area (Å²) in [4.78, 5) is 15.9. The molecule has 36 heavy (non-hydrogen) atoms. The molecule has 0 saturated carbocycles. The molecule has 3 heterocycles. The second-order valence-electron chi connectivity index (χ2n) is 9.77. The summed E-state index contributed by atoms with van der Waals surface area (Å²) in [5.74, 6) is 0.0200. The Kier molecular flexibility index (Phi) is 7.65. The molecule has 2 bridgehead atoms. The van der Waals surface area contributed by atoms with Crippen molar-refractivity contribution in [2.75, 3.05) is 26.5 Å². The van der Waals surface area contributed by atoms with E-state index in [1.165, 1.54) is 16.0 Å². The SMILES string of the molecule is COc1ccc(SC)cc1CN[C@H]1[C@H]2CCN(C[C@@H]2C(=O)O)[C@@H]1C(c1ccccc1)c1ccccc1. The molecule has 0 amide bonds. The van der Waals surface area contributed by atoms with Gasteiger partial charge in [-0.3, -0.25) is 9.69 Å². The quantitative estimate of drug-likeness (QED) is 0.397. The lowest BCUT2D eigenvalue weighted by Crippen LogP contribution is -2.68. The van der Waals surface area contributed by atoms with Gasteiger partial charge in [-0.25, -0.2) is 0 Å². The fraction of sp³-hybridized carbons (Fsp3) is 0.367. The fourth-order valence-electron chi connectivity index (χ4n) is 6.28. The fourth-order valence-corrected chi connectivity index (χ4v) is 6.75. The van der Waals surface area contributed by atoms with Crippen LogP contribution in [0.3, 0.4) is 0 Å². The lowest BCUT2D eigenvalue weighted by molar-refractivity contribution is -0.152. The van der Waals surface area contributed by atoms with E-state index in [2.05, 4.69) is 89.3 Å². The lowest BCUT2D eigenvalue weighted by atomic mass is 9.66. The van der Waals surface area contributed by atoms with Gasteiger partial charge in [0, 0.05) is 41.6 Å². The van der Waals surface area contributed by atoms with Crippen molar-refractivity contribution >= 4 is 17.7 Å². The first-order chi connectivity index (χ1) is 17.6. The number of piperidine rings is 3. The topological polar surface area (TPSA) is 61.8 Å². The Labute approximate surface area is 217 Å². The third-order valence-electron chi connectivity index (χ3n) is 7.94. The molecule has 0 aliphatic carbocycles. The molecular formula is C30H34N2O3S. The van der Waals surface area contributed by atoms with Crippen molar-refractivity contribution in [2.24, 2.45) is 11.8 Å². The minimum Gasteiger partial charge on any atom is -0.496 e. The minimum absolute atomic E-state index is 0.0293. The van der Waals surface area contributed by atoms with Crippen LogP contribution in [0.2, 0.25) is 0 Å². The van der Waals surface area contributed by atoms with Crippen molar-refractivity contribution in [1.82, 2.24) is 10.2 Å². The van der Waals surface area contributed by atoms with Crippen LogP contribution in [-0.2, 0) is 11.3 Å². The number of ether oxygens (including phenoxy) is 1. The van der Waals surface area contributed by atoms with Crippen LogP contribution in [0, 0.1) is 11.8 Å². The van der Waals surface area contributed by atoms with Gasteiger partial charge in [0.15, 0.2) is 0 Å². The van der Waals surface area contributed by atoms with E-state index in [0.29, 0.717) is 13.1 Å². The second kappa shape index (κ2) is 11.1. The van der Waals surface area contributed by atoms with Gasteiger partial charge in [0.25, 0.3) is 0 Å². The van der Waals surface area contributed by atoms with Crippen molar-refractivity contribution in [3.63, 3.8) is 0 Å². The number of carbonyl (C=O) groups is 1. The van der Waals surface area contributed by atoms with Gasteiger partial charge >= 0.3 is 5.97 Å². The van der Waals surface area contributed by atoms with E-state index in [9.17, 15) is 9.90 Å². The van der Waals surface area contributed by atoms with Gasteiger partial charge in [0.1, 0.15) is 5.75 Å². The summed E-state index contributed by atoms with van der Waals surface area (Å²) in [6, 6.07) is 27.8. The van der Waals surface area contributed by atoms with Crippen molar-refractivity contribution in [2.45, 2.75) is 35.9 Å². The number of hydrogen-bond donors (Lipinski definition) is 2. The van der Waals surface area contributed by atoms with E-state index < -0.39 is 5.97 Å². The summed E-state index contributed by atoms with van der Waals surface area (Å²) in [6.07, 6.45) is 2.97. The summed E-state index contributed by atoms with van der Waals surface area (Å²) in [5, 5.41) is 14.0. The normalized spacial score (nSPS) is 25.1. The number of carboxylic acid groups (broad SMARTS) is 1. The summed E-state index contributed by atoms with van der Waals surface area (Å²) >= 11 is 1.71. The van der Waals surface area contributed by atoms with Gasteiger partial charge in [-0.1, -0.05) is 60.7 Å². The number of hydrogen-bond acceptors (Lipinski definition) is 5. The molecule has 3 aromatic carbocycles. The number of thioether (sulfide) groups is 1. The molecule has 3 fully saturated rings. The molecule has 3 aliphatic rings. The zero-order valence-electron chi connectivity index (χ0n) is 20.8. The van der Waals surface area contributed by atoms with Crippen LogP contribution in [0.5, 0.6) is 5.75 Å². The maximum Gasteiger partial charge on any atom is 0.308 e. The minimum atomic E-state index is -0.687. The highest BCUT2D eigenvalue weighted by Crippen LogP contribution is 2.44. The number of benzene rings is 3. The highest BCUT2D eigenvalue weighted by Gasteiger charge is 2.52. The standard InChI is InChI=1S/C30H34N2O3S/c1-35-26-14-13-23(36-2)17-22(26)18-31-28-24-15-16-32(19-25(24)30(33)34)29(28)27(20-9-5-3-6-10-20)21-11-7-4-8-12-21/h3-14,17,24-25,27-29,31H,15-16,18-19H2,1-2H3,(H,33,34)/t24-,25-,28-,29+/m0/s1. The lowest BCUT2D eigenvalue weighted by Gasteiger charge is -2.56. The molecule has 6 heteroatoms. The van der Waals surface area contributed by atoms with Crippen LogP contribution in [0.15, 0.2) is 83.8 Å². The first-order valence-electron chi connectivity index (χ1n) is 12.6. The highest BCUT2D eigenvalue weighted by atomic mass is 32.2. The number of fused-ring (bicyclic) bond motifs is 3. The molecule has 2 N–H and O–H groups in total. The molecule has 5 nitrogen and oxygen atoms in total. The number of rotatable bonds is 9. The van der Waals surface area contributed by atoms with Crippen LogP contribution in [0.25, 0.3) is 0 Å². The first-order valence-corrected chi connectivity index (χ1v) is 13.8. The monoisotopic (exact) mass is 502 g/mol. The van der Waals surface area contributed by atoms with E-state index in [1.807, 2.05) is 6.07 Å². The average molecular weight is 503 g/mol. The third kappa shape index (κ3) is 4.90. The highest BCUT2D eigenvalue weighted by molar-refractivity contribution is 7.98. The zero-order chi connectivity index (χ0) is 25.1.